The smallest absolute Gasteiger partial charge is 0.136 e. The molecule has 0 aliphatic carbocycles. The molecule has 1 rings (SSSR count). The van der Waals surface area contributed by atoms with Gasteiger partial charge in [-0.05, 0) is 6.92 Å². The topological polar surface area (TPSA) is 41.1 Å². The van der Waals surface area contributed by atoms with Gasteiger partial charge < -0.3 is 10.2 Å². The highest BCUT2D eigenvalue weighted by atomic mass is 15.2. The summed E-state index contributed by atoms with van der Waals surface area (Å²) in [6.45, 7) is 6.23. The van der Waals surface area contributed by atoms with Gasteiger partial charge in [-0.25, -0.2) is 9.97 Å². The summed E-state index contributed by atoms with van der Waals surface area (Å²) >= 11 is 0. The van der Waals surface area contributed by atoms with Crippen molar-refractivity contribution in [3.05, 3.63) is 11.4 Å². The zero-order chi connectivity index (χ0) is 11.6. The molecular formula is C11H20N4. The van der Waals surface area contributed by atoms with Crippen LogP contribution in [0.15, 0.2) is 0 Å². The van der Waals surface area contributed by atoms with Crippen LogP contribution in [0.25, 0.3) is 0 Å². The zero-order valence-corrected chi connectivity index (χ0v) is 10.4. The Morgan fingerprint density at radius 2 is 1.80 bits per heavy atom. The first kappa shape index (κ1) is 11.8. The second-order valence-corrected chi connectivity index (χ2v) is 4.18. The van der Waals surface area contributed by atoms with Crippen LogP contribution in [0.2, 0.25) is 0 Å². The maximum absolute atomic E-state index is 4.55. The Morgan fingerprint density at radius 3 is 2.20 bits per heavy atom. The maximum Gasteiger partial charge on any atom is 0.136 e. The Balaban J connectivity index is 3.32. The van der Waals surface area contributed by atoms with E-state index in [0.717, 1.165) is 23.0 Å². The fourth-order valence-electron chi connectivity index (χ4n) is 1.46. The van der Waals surface area contributed by atoms with Crippen molar-refractivity contribution in [1.29, 1.82) is 0 Å². The van der Waals surface area contributed by atoms with E-state index in [4.69, 9.17) is 0 Å². The van der Waals surface area contributed by atoms with Crippen LogP contribution in [0.4, 0.5) is 11.6 Å². The lowest BCUT2D eigenvalue weighted by Crippen LogP contribution is -2.16. The minimum Gasteiger partial charge on any atom is -0.373 e. The summed E-state index contributed by atoms with van der Waals surface area (Å²) in [5.41, 5.74) is 1.09. The van der Waals surface area contributed by atoms with Crippen molar-refractivity contribution in [2.24, 2.45) is 0 Å². The van der Waals surface area contributed by atoms with Gasteiger partial charge in [0.25, 0.3) is 0 Å². The van der Waals surface area contributed by atoms with Crippen molar-refractivity contribution in [3.8, 4) is 0 Å². The molecule has 0 aliphatic heterocycles. The van der Waals surface area contributed by atoms with Gasteiger partial charge in [-0.15, -0.1) is 0 Å². The van der Waals surface area contributed by atoms with Crippen LogP contribution in [0.1, 0.15) is 31.2 Å². The van der Waals surface area contributed by atoms with Crippen molar-refractivity contribution >= 4 is 11.6 Å². The lowest BCUT2D eigenvalue weighted by molar-refractivity contribution is 0.768. The largest absolute Gasteiger partial charge is 0.373 e. The molecule has 0 amide bonds. The van der Waals surface area contributed by atoms with E-state index in [1.54, 1.807) is 0 Å². The van der Waals surface area contributed by atoms with Gasteiger partial charge in [0.15, 0.2) is 0 Å². The van der Waals surface area contributed by atoms with Crippen molar-refractivity contribution in [1.82, 2.24) is 9.97 Å². The number of hydrogen-bond donors (Lipinski definition) is 1. The molecule has 0 unspecified atom stereocenters. The van der Waals surface area contributed by atoms with E-state index < -0.39 is 0 Å². The fraction of sp³-hybridized carbons (Fsp3) is 0.636. The monoisotopic (exact) mass is 208 g/mol. The van der Waals surface area contributed by atoms with Gasteiger partial charge >= 0.3 is 0 Å². The highest BCUT2D eigenvalue weighted by Gasteiger charge is 2.13. The first-order valence-corrected chi connectivity index (χ1v) is 5.21. The number of nitrogens with one attached hydrogen (secondary N) is 1. The van der Waals surface area contributed by atoms with E-state index >= 15 is 0 Å². The number of aromatic nitrogens is 2. The molecule has 0 fully saturated rings. The van der Waals surface area contributed by atoms with Crippen LogP contribution in [0.3, 0.4) is 0 Å². The number of rotatable bonds is 3. The number of hydrogen-bond acceptors (Lipinski definition) is 4. The van der Waals surface area contributed by atoms with Crippen molar-refractivity contribution < 1.29 is 0 Å². The molecule has 0 aliphatic rings. The summed E-state index contributed by atoms with van der Waals surface area (Å²) in [5.74, 6) is 3.13. The molecule has 0 aromatic carbocycles. The second kappa shape index (κ2) is 4.47. The van der Waals surface area contributed by atoms with Crippen molar-refractivity contribution in [2.75, 3.05) is 31.4 Å². The lowest BCUT2D eigenvalue weighted by atomic mass is 10.2. The number of anilines is 2. The molecule has 0 saturated heterocycles. The van der Waals surface area contributed by atoms with Crippen LogP contribution in [-0.2, 0) is 0 Å². The molecule has 1 aromatic heterocycles. The van der Waals surface area contributed by atoms with Gasteiger partial charge in [0.05, 0.1) is 0 Å². The van der Waals surface area contributed by atoms with Gasteiger partial charge in [-0.2, -0.15) is 0 Å². The Morgan fingerprint density at radius 1 is 1.20 bits per heavy atom. The predicted molar refractivity (Wildman–Crippen MR) is 64.7 cm³/mol. The third-order valence-electron chi connectivity index (χ3n) is 2.31. The summed E-state index contributed by atoms with van der Waals surface area (Å²) < 4.78 is 0. The summed E-state index contributed by atoms with van der Waals surface area (Å²) in [6, 6.07) is 0. The SMILES string of the molecule is CNc1nc(C(C)C)nc(N(C)C)c1C. The standard InChI is InChI=1S/C11H20N4/c1-7(2)9-13-10(12-4)8(3)11(14-9)15(5)6/h7H,1-6H3,(H,12,13,14). The van der Waals surface area contributed by atoms with E-state index in [2.05, 4.69) is 29.1 Å². The third-order valence-corrected chi connectivity index (χ3v) is 2.31. The highest BCUT2D eigenvalue weighted by Crippen LogP contribution is 2.24. The van der Waals surface area contributed by atoms with Crippen molar-refractivity contribution in [2.45, 2.75) is 26.7 Å². The van der Waals surface area contributed by atoms with Crippen LogP contribution in [0.5, 0.6) is 0 Å². The summed E-state index contributed by atoms with van der Waals surface area (Å²) in [6.07, 6.45) is 0. The lowest BCUT2D eigenvalue weighted by Gasteiger charge is -2.18. The minimum absolute atomic E-state index is 0.344. The van der Waals surface area contributed by atoms with Crippen LogP contribution in [0, 0.1) is 6.92 Å². The molecule has 1 aromatic rings. The molecule has 1 N–H and O–H groups in total. The Hall–Kier alpha value is -1.32. The third kappa shape index (κ3) is 2.37. The molecule has 4 nitrogen and oxygen atoms in total. The first-order valence-electron chi connectivity index (χ1n) is 5.21. The van der Waals surface area contributed by atoms with E-state index in [-0.39, 0.29) is 0 Å². The minimum atomic E-state index is 0.344. The molecule has 15 heavy (non-hydrogen) atoms. The maximum atomic E-state index is 4.55. The Kier molecular flexibility index (Phi) is 3.50. The fourth-order valence-corrected chi connectivity index (χ4v) is 1.46. The molecule has 0 atom stereocenters. The van der Waals surface area contributed by atoms with E-state index in [1.807, 2.05) is 33.0 Å². The van der Waals surface area contributed by atoms with Crippen LogP contribution in [-0.4, -0.2) is 31.1 Å². The van der Waals surface area contributed by atoms with Gasteiger partial charge in [0, 0.05) is 32.6 Å². The first-order chi connectivity index (χ1) is 6.97. The Bertz CT molecular complexity index is 345. The zero-order valence-electron chi connectivity index (χ0n) is 10.4. The van der Waals surface area contributed by atoms with Crippen LogP contribution >= 0.6 is 0 Å². The van der Waals surface area contributed by atoms with Gasteiger partial charge in [-0.1, -0.05) is 13.8 Å². The summed E-state index contributed by atoms with van der Waals surface area (Å²) in [4.78, 5) is 11.1. The van der Waals surface area contributed by atoms with E-state index in [0.29, 0.717) is 5.92 Å². The van der Waals surface area contributed by atoms with Gasteiger partial charge in [0.1, 0.15) is 17.5 Å². The molecule has 0 radical (unpaired) electrons. The Labute approximate surface area is 91.7 Å². The van der Waals surface area contributed by atoms with Gasteiger partial charge in [0.2, 0.25) is 0 Å². The van der Waals surface area contributed by atoms with E-state index in [9.17, 15) is 0 Å². The van der Waals surface area contributed by atoms with Gasteiger partial charge in [-0.3, -0.25) is 0 Å². The average Bonchev–Trinajstić information content (AvgIpc) is 2.17. The van der Waals surface area contributed by atoms with Crippen LogP contribution < -0.4 is 10.2 Å². The molecular weight excluding hydrogens is 188 g/mol. The summed E-state index contributed by atoms with van der Waals surface area (Å²) in [5, 5.41) is 3.11. The molecule has 84 valence electrons. The molecule has 4 heteroatoms. The highest BCUT2D eigenvalue weighted by molar-refractivity contribution is 5.57. The molecule has 0 spiro atoms. The number of nitrogens with zero attached hydrogens (tertiary/aromatic N) is 3. The van der Waals surface area contributed by atoms with Crippen molar-refractivity contribution in [3.63, 3.8) is 0 Å². The molecule has 1 heterocycles. The van der Waals surface area contributed by atoms with E-state index in [1.165, 1.54) is 0 Å². The quantitative estimate of drug-likeness (QED) is 0.825. The molecule has 0 bridgehead atoms. The predicted octanol–water partition coefficient (Wildman–Crippen LogP) is 2.02. The summed E-state index contributed by atoms with van der Waals surface area (Å²) in [7, 11) is 5.89. The normalized spacial score (nSPS) is 10.6. The average molecular weight is 208 g/mol. The molecule has 0 saturated carbocycles. The second-order valence-electron chi connectivity index (χ2n) is 4.18.